The van der Waals surface area contributed by atoms with Crippen LogP contribution in [0.3, 0.4) is 0 Å². The van der Waals surface area contributed by atoms with Gasteiger partial charge in [-0.05, 0) is 49.4 Å². The van der Waals surface area contributed by atoms with Crippen molar-refractivity contribution in [1.29, 1.82) is 0 Å². The van der Waals surface area contributed by atoms with E-state index in [1.165, 1.54) is 19.3 Å². The van der Waals surface area contributed by atoms with Gasteiger partial charge in [-0.3, -0.25) is 4.79 Å². The van der Waals surface area contributed by atoms with Gasteiger partial charge in [0.15, 0.2) is 0 Å². The van der Waals surface area contributed by atoms with Crippen molar-refractivity contribution in [2.24, 2.45) is 11.7 Å². The molecule has 3 N–H and O–H groups in total. The van der Waals surface area contributed by atoms with Gasteiger partial charge in [0.2, 0.25) is 0 Å². The molecule has 0 saturated heterocycles. The summed E-state index contributed by atoms with van der Waals surface area (Å²) in [5.74, 6) is 6.40. The van der Waals surface area contributed by atoms with Gasteiger partial charge in [-0.15, -0.1) is 0 Å². The van der Waals surface area contributed by atoms with E-state index < -0.39 is 0 Å². The molecule has 2 unspecified atom stereocenters. The van der Waals surface area contributed by atoms with Crippen LogP contribution in [0.1, 0.15) is 54.1 Å². The fourth-order valence-electron chi connectivity index (χ4n) is 2.92. The molecular weight excluding hydrogens is 260 g/mol. The first kappa shape index (κ1) is 15.6. The Balaban J connectivity index is 2.13. The highest BCUT2D eigenvalue weighted by molar-refractivity contribution is 5.95. The predicted octanol–water partition coefficient (Wildman–Crippen LogP) is 2.61. The van der Waals surface area contributed by atoms with Crippen LogP contribution in [0.25, 0.3) is 0 Å². The number of aryl methyl sites for hydroxylation is 1. The zero-order chi connectivity index (χ0) is 15.2. The van der Waals surface area contributed by atoms with Gasteiger partial charge < -0.3 is 11.1 Å². The van der Waals surface area contributed by atoms with E-state index >= 15 is 0 Å². The Labute approximate surface area is 127 Å². The Morgan fingerprint density at radius 3 is 2.81 bits per heavy atom. The van der Waals surface area contributed by atoms with Crippen molar-refractivity contribution in [3.8, 4) is 11.8 Å². The number of hydrogen-bond acceptors (Lipinski definition) is 2. The van der Waals surface area contributed by atoms with Gasteiger partial charge >= 0.3 is 0 Å². The first-order chi connectivity index (χ1) is 10.1. The molecule has 0 heterocycles. The Bertz CT molecular complexity index is 568. The second-order valence-corrected chi connectivity index (χ2v) is 5.94. The highest BCUT2D eigenvalue weighted by Crippen LogP contribution is 2.24. The van der Waals surface area contributed by atoms with Crippen molar-refractivity contribution < 1.29 is 4.79 Å². The maximum absolute atomic E-state index is 12.5. The predicted molar refractivity (Wildman–Crippen MR) is 86.0 cm³/mol. The van der Waals surface area contributed by atoms with E-state index in [0.29, 0.717) is 24.1 Å². The van der Waals surface area contributed by atoms with Crippen LogP contribution in [0, 0.1) is 24.7 Å². The van der Waals surface area contributed by atoms with Crippen LogP contribution in [-0.4, -0.2) is 18.5 Å². The Kier molecular flexibility index (Phi) is 5.41. The van der Waals surface area contributed by atoms with E-state index in [1.54, 1.807) is 0 Å². The summed E-state index contributed by atoms with van der Waals surface area (Å²) in [6.45, 7) is 4.53. The van der Waals surface area contributed by atoms with Gasteiger partial charge in [0, 0.05) is 17.2 Å². The molecule has 1 aliphatic rings. The van der Waals surface area contributed by atoms with E-state index in [2.05, 4.69) is 24.1 Å². The molecule has 0 aromatic heterocycles. The summed E-state index contributed by atoms with van der Waals surface area (Å²) < 4.78 is 0. The van der Waals surface area contributed by atoms with Crippen molar-refractivity contribution in [3.05, 3.63) is 34.9 Å². The SMILES string of the molecule is Cc1cc(C#CCN)cc(C(=O)NC2CCCCC2C)c1. The van der Waals surface area contributed by atoms with Crippen molar-refractivity contribution in [2.75, 3.05) is 6.54 Å². The average molecular weight is 284 g/mol. The lowest BCUT2D eigenvalue weighted by Crippen LogP contribution is -2.41. The molecular formula is C18H24N2O. The zero-order valence-electron chi connectivity index (χ0n) is 12.9. The number of nitrogens with two attached hydrogens (primary N) is 1. The largest absolute Gasteiger partial charge is 0.349 e. The number of carbonyl (C=O) groups excluding carboxylic acids is 1. The molecule has 1 aliphatic carbocycles. The second kappa shape index (κ2) is 7.28. The van der Waals surface area contributed by atoms with Crippen LogP contribution in [0.5, 0.6) is 0 Å². The quantitative estimate of drug-likeness (QED) is 0.820. The Morgan fingerprint density at radius 1 is 1.33 bits per heavy atom. The van der Waals surface area contributed by atoms with E-state index in [4.69, 9.17) is 5.73 Å². The smallest absolute Gasteiger partial charge is 0.251 e. The van der Waals surface area contributed by atoms with E-state index in [-0.39, 0.29) is 5.91 Å². The first-order valence-corrected chi connectivity index (χ1v) is 7.71. The van der Waals surface area contributed by atoms with Gasteiger partial charge in [0.25, 0.3) is 5.91 Å². The van der Waals surface area contributed by atoms with Gasteiger partial charge in [-0.2, -0.15) is 0 Å². The minimum absolute atomic E-state index is 0.00764. The molecule has 0 aliphatic heterocycles. The third kappa shape index (κ3) is 4.34. The van der Waals surface area contributed by atoms with Crippen molar-refractivity contribution in [1.82, 2.24) is 5.32 Å². The lowest BCUT2D eigenvalue weighted by Gasteiger charge is -2.29. The van der Waals surface area contributed by atoms with Gasteiger partial charge in [-0.25, -0.2) is 0 Å². The average Bonchev–Trinajstić information content (AvgIpc) is 2.47. The number of carbonyl (C=O) groups is 1. The molecule has 2 atom stereocenters. The molecule has 1 fully saturated rings. The van der Waals surface area contributed by atoms with Crippen molar-refractivity contribution >= 4 is 5.91 Å². The molecule has 1 amide bonds. The standard InChI is InChI=1S/C18H24N2O/c1-13-10-15(7-5-9-19)12-16(11-13)18(21)20-17-8-4-3-6-14(17)2/h10-12,14,17H,3-4,6,8-9,19H2,1-2H3,(H,20,21). The number of nitrogens with one attached hydrogen (secondary N) is 1. The summed E-state index contributed by atoms with van der Waals surface area (Å²) in [7, 11) is 0. The fourth-order valence-corrected chi connectivity index (χ4v) is 2.92. The molecule has 112 valence electrons. The maximum atomic E-state index is 12.5. The second-order valence-electron chi connectivity index (χ2n) is 5.94. The normalized spacial score (nSPS) is 21.3. The van der Waals surface area contributed by atoms with Crippen LogP contribution in [-0.2, 0) is 0 Å². The molecule has 3 nitrogen and oxygen atoms in total. The molecule has 0 bridgehead atoms. The third-order valence-corrected chi connectivity index (χ3v) is 4.10. The monoisotopic (exact) mass is 284 g/mol. The molecule has 1 aromatic carbocycles. The summed E-state index contributed by atoms with van der Waals surface area (Å²) >= 11 is 0. The highest BCUT2D eigenvalue weighted by Gasteiger charge is 2.23. The molecule has 3 heteroatoms. The third-order valence-electron chi connectivity index (χ3n) is 4.10. The fraction of sp³-hybridized carbons (Fsp3) is 0.500. The number of amides is 1. The topological polar surface area (TPSA) is 55.1 Å². The summed E-state index contributed by atoms with van der Waals surface area (Å²) in [5, 5.41) is 3.18. The summed E-state index contributed by atoms with van der Waals surface area (Å²) in [6, 6.07) is 6.03. The summed E-state index contributed by atoms with van der Waals surface area (Å²) in [5.41, 5.74) is 7.98. The molecule has 21 heavy (non-hydrogen) atoms. The number of benzene rings is 1. The van der Waals surface area contributed by atoms with Crippen LogP contribution in [0.15, 0.2) is 18.2 Å². The number of hydrogen-bond donors (Lipinski definition) is 2. The molecule has 0 spiro atoms. The Hall–Kier alpha value is -1.79. The van der Waals surface area contributed by atoms with Gasteiger partial charge in [0.1, 0.15) is 0 Å². The highest BCUT2D eigenvalue weighted by atomic mass is 16.1. The molecule has 1 aromatic rings. The van der Waals surface area contributed by atoms with Crippen molar-refractivity contribution in [3.63, 3.8) is 0 Å². The van der Waals surface area contributed by atoms with Crippen molar-refractivity contribution in [2.45, 2.75) is 45.6 Å². The number of rotatable bonds is 2. The van der Waals surface area contributed by atoms with Gasteiger partial charge in [0.05, 0.1) is 6.54 Å². The Morgan fingerprint density at radius 2 is 2.10 bits per heavy atom. The summed E-state index contributed by atoms with van der Waals surface area (Å²) in [4.78, 5) is 12.5. The zero-order valence-corrected chi connectivity index (χ0v) is 12.9. The van der Waals surface area contributed by atoms with Crippen LogP contribution < -0.4 is 11.1 Å². The minimum Gasteiger partial charge on any atom is -0.349 e. The van der Waals surface area contributed by atoms with Gasteiger partial charge in [-0.1, -0.05) is 31.6 Å². The summed E-state index contributed by atoms with van der Waals surface area (Å²) in [6.07, 6.45) is 4.76. The maximum Gasteiger partial charge on any atom is 0.251 e. The lowest BCUT2D eigenvalue weighted by atomic mass is 9.86. The lowest BCUT2D eigenvalue weighted by molar-refractivity contribution is 0.0910. The van der Waals surface area contributed by atoms with E-state index in [9.17, 15) is 4.79 Å². The molecule has 0 radical (unpaired) electrons. The minimum atomic E-state index is 0.00764. The van der Waals surface area contributed by atoms with Crippen LogP contribution in [0.2, 0.25) is 0 Å². The first-order valence-electron chi connectivity index (χ1n) is 7.71. The molecule has 1 saturated carbocycles. The molecule has 2 rings (SSSR count). The van der Waals surface area contributed by atoms with Crippen LogP contribution >= 0.6 is 0 Å². The van der Waals surface area contributed by atoms with E-state index in [0.717, 1.165) is 17.5 Å². The van der Waals surface area contributed by atoms with E-state index in [1.807, 2.05) is 25.1 Å². The van der Waals surface area contributed by atoms with Crippen LogP contribution in [0.4, 0.5) is 0 Å².